The molecule has 1 atom stereocenters. The molecule has 150 valence electrons. The van der Waals surface area contributed by atoms with Crippen molar-refractivity contribution in [1.29, 1.82) is 0 Å². The van der Waals surface area contributed by atoms with Crippen LogP contribution >= 0.6 is 0 Å². The van der Waals surface area contributed by atoms with Gasteiger partial charge in [-0.2, -0.15) is 13.2 Å². The van der Waals surface area contributed by atoms with E-state index >= 15 is 0 Å². The molecule has 1 heterocycles. The first-order valence-electron chi connectivity index (χ1n) is 9.18. The number of benzene rings is 2. The van der Waals surface area contributed by atoms with Crippen LogP contribution in [-0.2, 0) is 21.5 Å². The summed E-state index contributed by atoms with van der Waals surface area (Å²) in [6.45, 7) is 1.90. The van der Waals surface area contributed by atoms with Gasteiger partial charge in [-0.15, -0.1) is 0 Å². The van der Waals surface area contributed by atoms with Crippen LogP contribution in [0.2, 0.25) is 0 Å². The topological polar surface area (TPSA) is 41.6 Å². The molecule has 2 aromatic rings. The molecule has 28 heavy (non-hydrogen) atoms. The van der Waals surface area contributed by atoms with Gasteiger partial charge < -0.3 is 10.1 Å². The van der Waals surface area contributed by atoms with Gasteiger partial charge in [-0.05, 0) is 11.1 Å². The van der Waals surface area contributed by atoms with Gasteiger partial charge in [0.05, 0.1) is 19.8 Å². The number of hydrogen-bond donors (Lipinski definition) is 1. The van der Waals surface area contributed by atoms with Crippen LogP contribution < -0.4 is 5.32 Å². The van der Waals surface area contributed by atoms with Crippen molar-refractivity contribution in [3.63, 3.8) is 0 Å². The highest BCUT2D eigenvalue weighted by Crippen LogP contribution is 2.41. The second-order valence-corrected chi connectivity index (χ2v) is 6.87. The average Bonchev–Trinajstić information content (AvgIpc) is 2.69. The SMILES string of the molecule is O=C(CN1CCOCC1)NC(Cc1ccccc1)(c1ccccc1)C(F)(F)F. The van der Waals surface area contributed by atoms with E-state index < -0.39 is 17.6 Å². The van der Waals surface area contributed by atoms with E-state index in [2.05, 4.69) is 5.32 Å². The van der Waals surface area contributed by atoms with Crippen LogP contribution in [0.25, 0.3) is 0 Å². The van der Waals surface area contributed by atoms with Crippen molar-refractivity contribution >= 4 is 5.91 Å². The number of nitrogens with zero attached hydrogens (tertiary/aromatic N) is 1. The smallest absolute Gasteiger partial charge is 0.379 e. The molecule has 0 saturated carbocycles. The van der Waals surface area contributed by atoms with E-state index in [9.17, 15) is 18.0 Å². The maximum atomic E-state index is 14.4. The van der Waals surface area contributed by atoms with Crippen molar-refractivity contribution in [1.82, 2.24) is 10.2 Å². The van der Waals surface area contributed by atoms with Crippen molar-refractivity contribution in [2.75, 3.05) is 32.8 Å². The molecule has 0 aromatic heterocycles. The van der Waals surface area contributed by atoms with Gasteiger partial charge >= 0.3 is 6.18 Å². The van der Waals surface area contributed by atoms with Crippen LogP contribution in [0.5, 0.6) is 0 Å². The summed E-state index contributed by atoms with van der Waals surface area (Å²) in [6, 6.07) is 16.0. The fraction of sp³-hybridized carbons (Fsp3) is 0.381. The number of hydrogen-bond acceptors (Lipinski definition) is 3. The standard InChI is InChI=1S/C21H23F3N2O2/c22-21(23,24)20(18-9-5-2-6-10-18,15-17-7-3-1-4-8-17)25-19(27)16-26-11-13-28-14-12-26/h1-10H,11-16H2,(H,25,27). The Labute approximate surface area is 162 Å². The average molecular weight is 392 g/mol. The zero-order chi connectivity index (χ0) is 20.0. The van der Waals surface area contributed by atoms with Crippen molar-refractivity contribution in [3.05, 3.63) is 71.8 Å². The molecule has 1 saturated heterocycles. The van der Waals surface area contributed by atoms with Crippen molar-refractivity contribution in [2.24, 2.45) is 0 Å². The van der Waals surface area contributed by atoms with Gasteiger partial charge in [0.15, 0.2) is 5.54 Å². The van der Waals surface area contributed by atoms with E-state index in [1.54, 1.807) is 53.4 Å². The van der Waals surface area contributed by atoms with E-state index in [1.165, 1.54) is 12.1 Å². The summed E-state index contributed by atoms with van der Waals surface area (Å²) in [6.07, 6.45) is -5.05. The number of ether oxygens (including phenoxy) is 1. The Kier molecular flexibility index (Phi) is 6.36. The van der Waals surface area contributed by atoms with Crippen molar-refractivity contribution < 1.29 is 22.7 Å². The number of halogens is 3. The first kappa shape index (κ1) is 20.4. The molecule has 1 aliphatic heterocycles. The largest absolute Gasteiger partial charge is 0.416 e. The summed E-state index contributed by atoms with van der Waals surface area (Å²) in [5.74, 6) is -0.654. The molecule has 1 aliphatic rings. The third-order valence-corrected chi connectivity index (χ3v) is 4.89. The van der Waals surface area contributed by atoms with Gasteiger partial charge in [0, 0.05) is 19.5 Å². The minimum atomic E-state index is -4.68. The molecule has 1 amide bonds. The molecule has 2 aromatic carbocycles. The second kappa shape index (κ2) is 8.75. The third kappa shape index (κ3) is 4.72. The van der Waals surface area contributed by atoms with Crippen LogP contribution in [0.3, 0.4) is 0 Å². The third-order valence-electron chi connectivity index (χ3n) is 4.89. The van der Waals surface area contributed by atoms with E-state index in [0.29, 0.717) is 31.9 Å². The Morgan fingerprint density at radius 2 is 1.54 bits per heavy atom. The molecule has 0 bridgehead atoms. The number of morpholine rings is 1. The molecule has 0 spiro atoms. The van der Waals surface area contributed by atoms with Crippen molar-refractivity contribution in [3.8, 4) is 0 Å². The van der Waals surface area contributed by atoms with Gasteiger partial charge in [0.2, 0.25) is 5.91 Å². The Hall–Kier alpha value is -2.38. The number of alkyl halides is 3. The maximum Gasteiger partial charge on any atom is 0.416 e. The predicted molar refractivity (Wildman–Crippen MR) is 99.7 cm³/mol. The molecule has 3 rings (SSSR count). The monoisotopic (exact) mass is 392 g/mol. The highest BCUT2D eigenvalue weighted by atomic mass is 19.4. The van der Waals surface area contributed by atoms with E-state index in [-0.39, 0.29) is 18.5 Å². The molecule has 1 fully saturated rings. The van der Waals surface area contributed by atoms with E-state index in [0.717, 1.165) is 0 Å². The van der Waals surface area contributed by atoms with Gasteiger partial charge in [-0.3, -0.25) is 9.69 Å². The van der Waals surface area contributed by atoms with Gasteiger partial charge in [0.1, 0.15) is 0 Å². The molecular weight excluding hydrogens is 369 g/mol. The second-order valence-electron chi connectivity index (χ2n) is 6.87. The first-order chi connectivity index (χ1) is 13.4. The zero-order valence-corrected chi connectivity index (χ0v) is 15.4. The van der Waals surface area contributed by atoms with Gasteiger partial charge in [-0.1, -0.05) is 60.7 Å². The quantitative estimate of drug-likeness (QED) is 0.821. The molecule has 0 radical (unpaired) electrons. The number of carbonyl (C=O) groups is 1. The van der Waals surface area contributed by atoms with Crippen LogP contribution in [0.1, 0.15) is 11.1 Å². The van der Waals surface area contributed by atoms with Gasteiger partial charge in [-0.25, -0.2) is 0 Å². The highest BCUT2D eigenvalue weighted by Gasteiger charge is 2.56. The lowest BCUT2D eigenvalue weighted by atomic mass is 9.82. The normalized spacial score (nSPS) is 17.7. The minimum Gasteiger partial charge on any atom is -0.379 e. The number of nitrogens with one attached hydrogen (secondary N) is 1. The minimum absolute atomic E-state index is 0.0154. The van der Waals surface area contributed by atoms with Crippen LogP contribution in [0.15, 0.2) is 60.7 Å². The van der Waals surface area contributed by atoms with Crippen LogP contribution in [0.4, 0.5) is 13.2 Å². The molecule has 1 N–H and O–H groups in total. The molecule has 4 nitrogen and oxygen atoms in total. The molecule has 0 aliphatic carbocycles. The van der Waals surface area contributed by atoms with E-state index in [1.807, 2.05) is 0 Å². The maximum absolute atomic E-state index is 14.4. The molecule has 1 unspecified atom stereocenters. The Morgan fingerprint density at radius 1 is 0.964 bits per heavy atom. The summed E-state index contributed by atoms with van der Waals surface area (Å²) in [5.41, 5.74) is -1.99. The number of carbonyl (C=O) groups excluding carboxylic acids is 1. The predicted octanol–water partition coefficient (Wildman–Crippen LogP) is 3.14. The van der Waals surface area contributed by atoms with Crippen molar-refractivity contribution in [2.45, 2.75) is 18.1 Å². The number of amides is 1. The zero-order valence-electron chi connectivity index (χ0n) is 15.4. The summed E-state index contributed by atoms with van der Waals surface area (Å²) in [7, 11) is 0. The Morgan fingerprint density at radius 3 is 2.11 bits per heavy atom. The Bertz CT molecular complexity index is 762. The van der Waals surface area contributed by atoms with Crippen LogP contribution in [0, 0.1) is 0 Å². The van der Waals surface area contributed by atoms with Crippen LogP contribution in [-0.4, -0.2) is 49.8 Å². The lowest BCUT2D eigenvalue weighted by Crippen LogP contribution is -2.59. The fourth-order valence-electron chi connectivity index (χ4n) is 3.42. The summed E-state index contributed by atoms with van der Waals surface area (Å²) >= 11 is 0. The van der Waals surface area contributed by atoms with E-state index in [4.69, 9.17) is 4.74 Å². The van der Waals surface area contributed by atoms with Gasteiger partial charge in [0.25, 0.3) is 0 Å². The molecular formula is C21H23F3N2O2. The fourth-order valence-corrected chi connectivity index (χ4v) is 3.42. The lowest BCUT2D eigenvalue weighted by molar-refractivity contribution is -0.203. The lowest BCUT2D eigenvalue weighted by Gasteiger charge is -2.38. The summed E-state index contributed by atoms with van der Waals surface area (Å²) < 4.78 is 48.5. The number of rotatable bonds is 6. The highest BCUT2D eigenvalue weighted by molar-refractivity contribution is 5.79. The molecule has 7 heteroatoms. The summed E-state index contributed by atoms with van der Waals surface area (Å²) in [4.78, 5) is 14.4. The summed E-state index contributed by atoms with van der Waals surface area (Å²) in [5, 5.41) is 2.34. The Balaban J connectivity index is 1.93. The first-order valence-corrected chi connectivity index (χ1v) is 9.18.